The lowest BCUT2D eigenvalue weighted by molar-refractivity contribution is -0.906. The van der Waals surface area contributed by atoms with Crippen molar-refractivity contribution in [1.82, 2.24) is 87.9 Å². The molecule has 30 nitrogen and oxygen atoms in total. The van der Waals surface area contributed by atoms with Crippen molar-refractivity contribution in [3.63, 3.8) is 0 Å². The van der Waals surface area contributed by atoms with Gasteiger partial charge in [-0.2, -0.15) is 66.0 Å². The molecule has 136 heavy (non-hydrogen) atoms. The summed E-state index contributed by atoms with van der Waals surface area (Å²) in [4.78, 5) is 36.8. The van der Waals surface area contributed by atoms with Gasteiger partial charge in [-0.3, -0.25) is 20.2 Å². The minimum Gasteiger partial charge on any atom is -0.619 e. The molecule has 16 aromatic rings. The van der Waals surface area contributed by atoms with E-state index in [9.17, 15) is 33.8 Å². The Morgan fingerprint density at radius 3 is 1.23 bits per heavy atom. The molecule has 10 atom stereocenters. The van der Waals surface area contributed by atoms with Crippen molar-refractivity contribution in [3.05, 3.63) is 286 Å². The minimum absolute atomic E-state index is 0.198. The van der Waals surface area contributed by atoms with Crippen LogP contribution in [0.2, 0.25) is 0 Å². The summed E-state index contributed by atoms with van der Waals surface area (Å²) in [5, 5.41) is 81.2. The number of hydrogen-bond donors (Lipinski definition) is 8. The summed E-state index contributed by atoms with van der Waals surface area (Å²) in [5.41, 5.74) is 14.3. The van der Waals surface area contributed by atoms with Gasteiger partial charge in [-0.1, -0.05) is 87.1 Å². The Morgan fingerprint density at radius 2 is 0.831 bits per heavy atom. The Bertz CT molecular complexity index is 6790. The van der Waals surface area contributed by atoms with Crippen LogP contribution in [-0.2, 0) is 32.7 Å². The topological polar surface area (TPSA) is 351 Å². The number of rotatable bonds is 24. The number of fused-ring (bicyclic) bond motifs is 9. The number of nitrogens with one attached hydrogen (secondary N) is 5. The molecule has 15 heterocycles. The van der Waals surface area contributed by atoms with Crippen molar-refractivity contribution in [2.24, 2.45) is 35.5 Å². The van der Waals surface area contributed by atoms with Crippen molar-refractivity contribution in [3.8, 4) is 17.1 Å². The van der Waals surface area contributed by atoms with E-state index >= 15 is 0 Å². The van der Waals surface area contributed by atoms with Gasteiger partial charge in [0.1, 0.15) is 29.1 Å². The van der Waals surface area contributed by atoms with Gasteiger partial charge < -0.3 is 46.7 Å². The molecule has 0 aliphatic heterocycles. The zero-order valence-electron chi connectivity index (χ0n) is 74.8. The molecule has 38 heteroatoms. The zero-order valence-corrected chi connectivity index (χ0v) is 82.7. The Morgan fingerprint density at radius 1 is 0.434 bits per heavy atom. The summed E-state index contributed by atoms with van der Waals surface area (Å²) in [5.74, 6) is 9.60. The Balaban J connectivity index is 0.000000113. The quantitative estimate of drug-likeness (QED) is 0.0158. The Kier molecular flexibility index (Phi) is 29.8. The first-order valence-electron chi connectivity index (χ1n) is 46.0. The Hall–Kier alpha value is -11.4. The molecule has 0 saturated heterocycles. The molecule has 0 spiro atoms. The van der Waals surface area contributed by atoms with Gasteiger partial charge in [0.2, 0.25) is 6.20 Å². The van der Waals surface area contributed by atoms with Crippen LogP contribution in [0.15, 0.2) is 230 Å². The number of pyridine rings is 5. The van der Waals surface area contributed by atoms with Gasteiger partial charge in [-0.15, -0.1) is 0 Å². The van der Waals surface area contributed by atoms with Gasteiger partial charge in [-0.05, 0) is 240 Å². The molecular formula is C98H104Br5F3N25O5+. The summed E-state index contributed by atoms with van der Waals surface area (Å²) in [6.07, 6.45) is 39.3. The van der Waals surface area contributed by atoms with Crippen LogP contribution in [0.1, 0.15) is 191 Å². The molecule has 1 aromatic carbocycles. The van der Waals surface area contributed by atoms with Gasteiger partial charge >= 0.3 is 12.1 Å². The van der Waals surface area contributed by atoms with E-state index in [1.807, 2.05) is 129 Å². The second-order valence-corrected chi connectivity index (χ2v) is 40.7. The molecule has 0 amide bonds. The summed E-state index contributed by atoms with van der Waals surface area (Å²) in [6.45, 7) is 5.45. The molecule has 22 rings (SSSR count). The highest BCUT2D eigenvalue weighted by Gasteiger charge is 2.44. The third kappa shape index (κ3) is 22.5. The highest BCUT2D eigenvalue weighted by Crippen LogP contribution is 2.55. The average molecular weight is 2170 g/mol. The molecular weight excluding hydrogens is 2060 g/mol. The van der Waals surface area contributed by atoms with Crippen LogP contribution >= 0.6 is 79.6 Å². The molecule has 6 fully saturated rings. The first-order valence-corrected chi connectivity index (χ1v) is 50.0. The van der Waals surface area contributed by atoms with Gasteiger partial charge in [0.15, 0.2) is 47.2 Å². The van der Waals surface area contributed by atoms with Crippen molar-refractivity contribution in [1.29, 1.82) is 0 Å². The second-order valence-electron chi connectivity index (χ2n) is 36.4. The molecule has 6 aliphatic rings. The van der Waals surface area contributed by atoms with Crippen LogP contribution in [0.25, 0.3) is 39.5 Å². The summed E-state index contributed by atoms with van der Waals surface area (Å²) in [6, 6.07) is 38.5. The molecule has 8 N–H and O–H groups in total. The summed E-state index contributed by atoms with van der Waals surface area (Å²) >= 11 is 17.7. The Labute approximate surface area is 824 Å². The number of aliphatic hydroxyl groups is 2. The molecule has 6 aliphatic carbocycles. The minimum atomic E-state index is -4.49. The molecule has 6 saturated carbocycles. The number of anilines is 5. The highest BCUT2D eigenvalue weighted by atomic mass is 79.9. The predicted molar refractivity (Wildman–Crippen MR) is 528 cm³/mol. The van der Waals surface area contributed by atoms with Crippen LogP contribution < -0.4 is 40.8 Å². The molecule has 4 bridgehead atoms. The average Bonchev–Trinajstić information content (AvgIpc) is 1.60. The smallest absolute Gasteiger partial charge is 0.422 e. The van der Waals surface area contributed by atoms with E-state index in [1.54, 1.807) is 66.2 Å². The van der Waals surface area contributed by atoms with Crippen LogP contribution in [0, 0.1) is 40.7 Å². The van der Waals surface area contributed by atoms with Crippen molar-refractivity contribution in [2.75, 3.05) is 39.8 Å². The standard InChI is InChI=1S/C21H26BrN5O.C20H16BrF3N5O2.C19H20BrN5O.C19H22BrN5O.C19H20BrN5/c1-21(2,28)16-8-4-3-7-15(16)18-10-19(24-12-14-6-5-9-23-11-14)27-20(26-18)17(22)13-25-27;21-15-10-26-29-17(8-16(27-19(15)29)14-4-2-1-3-5-14)25-9-13-6-7-18(28(30)11-13)31-12-20(22,23)24;20-16-10-22-25-18(21-9-13-2-1-5-24(26)11-13)8-17(23-19(16)25)15-7-12-3-4-14(15)6-12;20-16-11-23-25-18(22-10-13-4-3-7-21-9-13)8-17(24-19(16)25)15-6-2-1-5-14(15)12-26;20-16-11-23-25-18(22-10-13-2-1-5-21-9-13)8-17(24-19(16)25)15-7-12-3-4-14(15)6-12/h5-6,9-11,13,15-16,24,28H,3-4,7-8,12H2,1-2H3;1-8,10-11,25,30H,9,12H2;1-2,5,8,10-12,14-15,21H,3-4,6-7,9H2;3-4,7-9,11,14-15,22,26H,1-2,5-6,10,12H2;1-2,5,8-9,11-12,14-15,22H,3-4,6-7,10H2/q;+1;;;/t15-,16+;;;14-,15-;/m1..1./s1. The van der Waals surface area contributed by atoms with E-state index in [0.29, 0.717) is 59.1 Å². The van der Waals surface area contributed by atoms with Crippen molar-refractivity contribution in [2.45, 2.75) is 185 Å². The molecule has 706 valence electrons. The number of hydrogen-bond acceptors (Lipinski definition) is 23. The number of aromatic nitrogens is 20. The summed E-state index contributed by atoms with van der Waals surface area (Å²) in [7, 11) is 0. The fraction of sp³-hybridized carbons (Fsp3) is 0.378. The fourth-order valence-electron chi connectivity index (χ4n) is 20.2. The predicted octanol–water partition coefficient (Wildman–Crippen LogP) is 20.6. The van der Waals surface area contributed by atoms with E-state index in [4.69, 9.17) is 19.9 Å². The maximum absolute atomic E-state index is 12.3. The number of alkyl halides is 3. The van der Waals surface area contributed by atoms with E-state index in [-0.39, 0.29) is 36.8 Å². The van der Waals surface area contributed by atoms with Crippen LogP contribution in [0.5, 0.6) is 5.88 Å². The number of halogens is 8. The number of benzene rings is 1. The molecule has 15 aromatic heterocycles. The van der Waals surface area contributed by atoms with Gasteiger partial charge in [0, 0.05) is 169 Å². The number of aliphatic hydroxyl groups excluding tert-OH is 1. The third-order valence-electron chi connectivity index (χ3n) is 26.8. The van der Waals surface area contributed by atoms with Crippen molar-refractivity contribution < 1.29 is 42.8 Å². The summed E-state index contributed by atoms with van der Waals surface area (Å²) < 4.78 is 56.1. The van der Waals surface area contributed by atoms with E-state index in [2.05, 4.69) is 187 Å². The first kappa shape index (κ1) is 94.9. The lowest BCUT2D eigenvalue weighted by atomic mass is 9.70. The lowest BCUT2D eigenvalue weighted by Crippen LogP contribution is -2.37. The fourth-order valence-corrected chi connectivity index (χ4v) is 22.0. The van der Waals surface area contributed by atoms with E-state index in [0.717, 1.165) is 180 Å². The number of nitrogens with zero attached hydrogens (tertiary/aromatic N) is 20. The zero-order chi connectivity index (χ0) is 94.1. The van der Waals surface area contributed by atoms with Gasteiger partial charge in [-0.25, -0.2) is 24.9 Å². The van der Waals surface area contributed by atoms with Crippen LogP contribution in [-0.4, -0.2) is 128 Å². The SMILES string of the molecule is Brc1cnn2c(NCc3cccnc3)cc(C3CC4CCC3C4)nc12.CC(C)(O)[C@H]1CCCC[C@H]1c1cc(NCc2cccnc2)n2ncc(Br)c2n1.OC[C@H]1CCCC[C@H]1c1cc(NCc2cccnc2)n2ncc(Br)c2n1.O[n+]1cc(CNc2cc(-c3ccccc3)nc3c(Br)cnn23)ccc1OCC(F)(F)F.[O-][n+]1cccc(CNc2cc(C3CC4CCC3C4)nc3c(Br)cnn23)c1. The van der Waals surface area contributed by atoms with Crippen LogP contribution in [0.4, 0.5) is 42.3 Å². The highest BCUT2D eigenvalue weighted by molar-refractivity contribution is 9.11. The largest absolute Gasteiger partial charge is 0.619 e. The molecule has 6 unspecified atom stereocenters. The van der Waals surface area contributed by atoms with E-state index < -0.39 is 18.4 Å². The second kappa shape index (κ2) is 42.7. The lowest BCUT2D eigenvalue weighted by Gasteiger charge is -2.39. The molecule has 0 radical (unpaired) electrons. The third-order valence-corrected chi connectivity index (χ3v) is 29.6. The maximum Gasteiger partial charge on any atom is 0.422 e. The maximum atomic E-state index is 12.3. The van der Waals surface area contributed by atoms with Gasteiger partial charge in [0.05, 0.1) is 82.1 Å². The normalized spacial score (nSPS) is 20.0. The van der Waals surface area contributed by atoms with Gasteiger partial charge in [0.25, 0.3) is 0 Å². The monoisotopic (exact) mass is 2160 g/mol. The van der Waals surface area contributed by atoms with Crippen molar-refractivity contribution >= 4 is 137 Å². The van der Waals surface area contributed by atoms with Crippen LogP contribution in [0.3, 0.4) is 0 Å². The first-order chi connectivity index (χ1) is 65.9. The van der Waals surface area contributed by atoms with E-state index in [1.165, 1.54) is 100 Å². The number of ether oxygens (including phenoxy) is 1.